The molecule has 1 unspecified atom stereocenters. The third-order valence-electron chi connectivity index (χ3n) is 2.79. The van der Waals surface area contributed by atoms with E-state index in [1.165, 1.54) is 4.90 Å². The smallest absolute Gasteiger partial charge is 0.227 e. The molecule has 1 atom stereocenters. The van der Waals surface area contributed by atoms with Crippen LogP contribution in [0.1, 0.15) is 6.42 Å². The molecule has 1 aliphatic rings. The zero-order chi connectivity index (χ0) is 11.5. The fraction of sp³-hybridized carbons (Fsp3) is 0.417. The van der Waals surface area contributed by atoms with E-state index in [0.29, 0.717) is 18.2 Å². The Bertz CT molecular complexity index is 396. The Kier molecular flexibility index (Phi) is 3.77. The minimum Gasteiger partial charge on any atom is -0.312 e. The van der Waals surface area contributed by atoms with E-state index in [1.807, 2.05) is 29.4 Å². The van der Waals surface area contributed by atoms with Crippen molar-refractivity contribution in [2.75, 3.05) is 23.6 Å². The molecule has 2 nitrogen and oxygen atoms in total. The lowest BCUT2D eigenvalue weighted by Crippen LogP contribution is -2.24. The highest BCUT2D eigenvalue weighted by atomic mass is 35.5. The topological polar surface area (TPSA) is 20.3 Å². The Balaban J connectivity index is 2.20. The molecule has 0 aromatic heterocycles. The van der Waals surface area contributed by atoms with Crippen LogP contribution in [0.3, 0.4) is 0 Å². The van der Waals surface area contributed by atoms with Crippen molar-refractivity contribution in [3.63, 3.8) is 0 Å². The van der Waals surface area contributed by atoms with Crippen LogP contribution in [-0.2, 0) is 4.79 Å². The quantitative estimate of drug-likeness (QED) is 0.611. The van der Waals surface area contributed by atoms with E-state index in [0.717, 1.165) is 12.2 Å². The second kappa shape index (κ2) is 5.11. The molecule has 86 valence electrons. The Morgan fingerprint density at radius 3 is 3.00 bits per heavy atom. The van der Waals surface area contributed by atoms with Gasteiger partial charge in [-0.1, -0.05) is 6.07 Å². The zero-order valence-corrected chi connectivity index (χ0v) is 10.7. The minimum atomic E-state index is 0.184. The molecule has 16 heavy (non-hydrogen) atoms. The highest BCUT2D eigenvalue weighted by molar-refractivity contribution is 7.98. The van der Waals surface area contributed by atoms with Crippen LogP contribution in [0.2, 0.25) is 0 Å². The van der Waals surface area contributed by atoms with Crippen molar-refractivity contribution in [1.29, 1.82) is 0 Å². The molecular formula is C12H14ClNOS. The number of nitrogens with zero attached hydrogens (tertiary/aromatic N) is 1. The van der Waals surface area contributed by atoms with Crippen molar-refractivity contribution < 1.29 is 4.79 Å². The van der Waals surface area contributed by atoms with Crippen LogP contribution < -0.4 is 4.90 Å². The molecular weight excluding hydrogens is 242 g/mol. The maximum absolute atomic E-state index is 11.8. The third-order valence-corrected chi connectivity index (χ3v) is 3.95. The second-order valence-electron chi connectivity index (χ2n) is 3.93. The van der Waals surface area contributed by atoms with Gasteiger partial charge in [0.05, 0.1) is 0 Å². The first-order chi connectivity index (χ1) is 7.74. The minimum absolute atomic E-state index is 0.184. The zero-order valence-electron chi connectivity index (χ0n) is 9.15. The van der Waals surface area contributed by atoms with Crippen LogP contribution in [0.4, 0.5) is 5.69 Å². The molecule has 0 bridgehead atoms. The molecule has 2 rings (SSSR count). The number of alkyl halides is 1. The van der Waals surface area contributed by atoms with E-state index in [9.17, 15) is 4.79 Å². The molecule has 0 radical (unpaired) electrons. The number of carbonyl (C=O) groups is 1. The maximum atomic E-state index is 11.8. The molecule has 0 N–H and O–H groups in total. The average Bonchev–Trinajstić information content (AvgIpc) is 2.71. The van der Waals surface area contributed by atoms with Gasteiger partial charge >= 0.3 is 0 Å². The predicted octanol–water partition coefficient (Wildman–Crippen LogP) is 3.00. The van der Waals surface area contributed by atoms with Crippen molar-refractivity contribution in [2.24, 2.45) is 5.92 Å². The number of anilines is 1. The van der Waals surface area contributed by atoms with E-state index in [-0.39, 0.29) is 5.91 Å². The summed E-state index contributed by atoms with van der Waals surface area (Å²) in [5.74, 6) is 1.04. The lowest BCUT2D eigenvalue weighted by Gasteiger charge is -2.17. The van der Waals surface area contributed by atoms with Gasteiger partial charge in [-0.2, -0.15) is 0 Å². The molecule has 0 aliphatic carbocycles. The van der Waals surface area contributed by atoms with Crippen LogP contribution in [0.25, 0.3) is 0 Å². The largest absolute Gasteiger partial charge is 0.312 e. The first kappa shape index (κ1) is 11.8. The van der Waals surface area contributed by atoms with E-state index >= 15 is 0 Å². The number of hydrogen-bond donors (Lipinski definition) is 0. The second-order valence-corrected chi connectivity index (χ2v) is 5.12. The lowest BCUT2D eigenvalue weighted by molar-refractivity contribution is -0.117. The summed E-state index contributed by atoms with van der Waals surface area (Å²) in [6, 6.07) is 8.07. The summed E-state index contributed by atoms with van der Waals surface area (Å²) in [6.07, 6.45) is 2.61. The van der Waals surface area contributed by atoms with Gasteiger partial charge in [-0.25, -0.2) is 0 Å². The normalized spacial score (nSPS) is 20.5. The van der Waals surface area contributed by atoms with Gasteiger partial charge in [-0.05, 0) is 30.4 Å². The fourth-order valence-electron chi connectivity index (χ4n) is 1.91. The monoisotopic (exact) mass is 255 g/mol. The molecule has 1 amide bonds. The summed E-state index contributed by atoms with van der Waals surface area (Å²) < 4.78 is 0. The number of amides is 1. The third kappa shape index (κ3) is 2.36. The number of carbonyl (C=O) groups excluding carboxylic acids is 1. The maximum Gasteiger partial charge on any atom is 0.227 e. The summed E-state index contributed by atoms with van der Waals surface area (Å²) in [4.78, 5) is 14.8. The van der Waals surface area contributed by atoms with Crippen LogP contribution in [0.15, 0.2) is 29.2 Å². The van der Waals surface area contributed by atoms with Gasteiger partial charge in [-0.15, -0.1) is 23.4 Å². The van der Waals surface area contributed by atoms with Crippen molar-refractivity contribution in [2.45, 2.75) is 11.3 Å². The van der Waals surface area contributed by atoms with Crippen molar-refractivity contribution in [3.8, 4) is 0 Å². The lowest BCUT2D eigenvalue weighted by atomic mass is 10.1. The van der Waals surface area contributed by atoms with Crippen LogP contribution in [0.5, 0.6) is 0 Å². The average molecular weight is 256 g/mol. The Labute approximate surface area is 105 Å². The molecule has 1 aliphatic heterocycles. The van der Waals surface area contributed by atoms with Gasteiger partial charge in [0, 0.05) is 29.4 Å². The van der Waals surface area contributed by atoms with Gasteiger partial charge < -0.3 is 4.90 Å². The summed E-state index contributed by atoms with van der Waals surface area (Å²) in [7, 11) is 0. The number of benzene rings is 1. The van der Waals surface area contributed by atoms with E-state index in [2.05, 4.69) is 6.07 Å². The molecule has 0 saturated carbocycles. The van der Waals surface area contributed by atoms with Gasteiger partial charge in [0.25, 0.3) is 0 Å². The standard InChI is InChI=1S/C12H14ClNOS/c1-16-11-4-2-3-10(6-11)14-8-9(7-13)5-12(14)15/h2-4,6,9H,5,7-8H2,1H3. The first-order valence-electron chi connectivity index (χ1n) is 5.25. The van der Waals surface area contributed by atoms with E-state index in [4.69, 9.17) is 11.6 Å². The molecule has 1 aromatic rings. The number of thioether (sulfide) groups is 1. The Morgan fingerprint density at radius 2 is 2.38 bits per heavy atom. The highest BCUT2D eigenvalue weighted by Crippen LogP contribution is 2.28. The van der Waals surface area contributed by atoms with Crippen molar-refractivity contribution in [3.05, 3.63) is 24.3 Å². The fourth-order valence-corrected chi connectivity index (χ4v) is 2.57. The first-order valence-corrected chi connectivity index (χ1v) is 7.01. The molecule has 4 heteroatoms. The highest BCUT2D eigenvalue weighted by Gasteiger charge is 2.29. The summed E-state index contributed by atoms with van der Waals surface area (Å²) >= 11 is 7.49. The predicted molar refractivity (Wildman–Crippen MR) is 69.4 cm³/mol. The number of rotatable bonds is 3. The van der Waals surface area contributed by atoms with Crippen LogP contribution in [0, 0.1) is 5.92 Å². The Hall–Kier alpha value is -0.670. The molecule has 1 fully saturated rings. The molecule has 0 spiro atoms. The number of hydrogen-bond acceptors (Lipinski definition) is 2. The Morgan fingerprint density at radius 1 is 1.56 bits per heavy atom. The van der Waals surface area contributed by atoms with Crippen molar-refractivity contribution in [1.82, 2.24) is 0 Å². The summed E-state index contributed by atoms with van der Waals surface area (Å²) in [5.41, 5.74) is 0.990. The molecule has 1 heterocycles. The van der Waals surface area contributed by atoms with E-state index < -0.39 is 0 Å². The summed E-state index contributed by atoms with van der Waals surface area (Å²) in [5, 5.41) is 0. The van der Waals surface area contributed by atoms with Gasteiger partial charge in [0.2, 0.25) is 5.91 Å². The molecule has 1 saturated heterocycles. The summed E-state index contributed by atoms with van der Waals surface area (Å²) in [6.45, 7) is 0.750. The van der Waals surface area contributed by atoms with Crippen LogP contribution >= 0.6 is 23.4 Å². The van der Waals surface area contributed by atoms with E-state index in [1.54, 1.807) is 11.8 Å². The van der Waals surface area contributed by atoms with Crippen LogP contribution in [-0.4, -0.2) is 24.6 Å². The van der Waals surface area contributed by atoms with Gasteiger partial charge in [0.1, 0.15) is 0 Å². The van der Waals surface area contributed by atoms with Gasteiger partial charge in [0.15, 0.2) is 0 Å². The van der Waals surface area contributed by atoms with Gasteiger partial charge in [-0.3, -0.25) is 4.79 Å². The SMILES string of the molecule is CSc1cccc(N2CC(CCl)CC2=O)c1. The van der Waals surface area contributed by atoms with Crippen molar-refractivity contribution >= 4 is 35.0 Å². The number of halogens is 1. The molecule has 1 aromatic carbocycles.